The molecule has 0 aromatic heterocycles. The number of carbonyl (C=O) groups excluding carboxylic acids is 1. The first kappa shape index (κ1) is 10.9. The van der Waals surface area contributed by atoms with Gasteiger partial charge in [0, 0.05) is 5.57 Å². The van der Waals surface area contributed by atoms with Gasteiger partial charge in [-0.05, 0) is 30.7 Å². The Hall–Kier alpha value is -1.57. The van der Waals surface area contributed by atoms with Gasteiger partial charge in [-0.3, -0.25) is 0 Å². The van der Waals surface area contributed by atoms with Crippen LogP contribution in [-0.4, -0.2) is 13.1 Å². The summed E-state index contributed by atoms with van der Waals surface area (Å²) in [6, 6.07) is 10.4. The van der Waals surface area contributed by atoms with Crippen molar-refractivity contribution in [3.63, 3.8) is 0 Å². The fourth-order valence-electron chi connectivity index (χ4n) is 2.03. The number of hydrogen-bond donors (Lipinski definition) is 0. The third kappa shape index (κ3) is 2.32. The minimum atomic E-state index is -0.223. The lowest BCUT2D eigenvalue weighted by Gasteiger charge is -1.99. The lowest BCUT2D eigenvalue weighted by atomic mass is 10.1. The highest BCUT2D eigenvalue weighted by Crippen LogP contribution is 2.48. The molecule has 1 aliphatic rings. The third-order valence-electron chi connectivity index (χ3n) is 3.04. The van der Waals surface area contributed by atoms with Gasteiger partial charge in [-0.25, -0.2) is 4.79 Å². The molecule has 2 nitrogen and oxygen atoms in total. The molecule has 2 rings (SSSR count). The van der Waals surface area contributed by atoms with Crippen molar-refractivity contribution in [2.24, 2.45) is 5.92 Å². The Kier molecular flexibility index (Phi) is 3.09. The summed E-state index contributed by atoms with van der Waals surface area (Å²) in [4.78, 5) is 11.2. The van der Waals surface area contributed by atoms with E-state index >= 15 is 0 Å². The van der Waals surface area contributed by atoms with Gasteiger partial charge in [0.05, 0.1) is 7.11 Å². The predicted molar refractivity (Wildman–Crippen MR) is 63.1 cm³/mol. The molecule has 16 heavy (non-hydrogen) atoms. The minimum Gasteiger partial charge on any atom is -0.466 e. The average Bonchev–Trinajstić information content (AvgIpc) is 3.08. The number of allylic oxidation sites excluding steroid dienone is 1. The van der Waals surface area contributed by atoms with Gasteiger partial charge < -0.3 is 4.74 Å². The molecule has 84 valence electrons. The van der Waals surface area contributed by atoms with E-state index < -0.39 is 0 Å². The van der Waals surface area contributed by atoms with Gasteiger partial charge >= 0.3 is 5.97 Å². The minimum absolute atomic E-state index is 0.223. The highest BCUT2D eigenvalue weighted by molar-refractivity contribution is 5.87. The molecule has 0 saturated heterocycles. The molecule has 1 aromatic carbocycles. The van der Waals surface area contributed by atoms with Gasteiger partial charge in [0.25, 0.3) is 0 Å². The number of ether oxygens (including phenoxy) is 1. The van der Waals surface area contributed by atoms with Crippen LogP contribution in [-0.2, 0) is 9.53 Å². The van der Waals surface area contributed by atoms with E-state index in [-0.39, 0.29) is 5.97 Å². The number of carbonyl (C=O) groups is 1. The fourth-order valence-corrected chi connectivity index (χ4v) is 2.03. The van der Waals surface area contributed by atoms with E-state index in [1.807, 2.05) is 19.1 Å². The Bertz CT molecular complexity index is 406. The Labute approximate surface area is 95.9 Å². The molecule has 0 N–H and O–H groups in total. The van der Waals surface area contributed by atoms with Gasteiger partial charge in [-0.2, -0.15) is 0 Å². The molecule has 1 aliphatic carbocycles. The van der Waals surface area contributed by atoms with Crippen LogP contribution < -0.4 is 0 Å². The highest BCUT2D eigenvalue weighted by Gasteiger charge is 2.36. The zero-order valence-electron chi connectivity index (χ0n) is 9.64. The van der Waals surface area contributed by atoms with E-state index in [0.717, 1.165) is 6.42 Å². The molecule has 1 fully saturated rings. The molecule has 2 unspecified atom stereocenters. The van der Waals surface area contributed by atoms with Crippen molar-refractivity contribution in [2.45, 2.75) is 19.3 Å². The normalized spacial score (nSPS) is 24.0. The second-order valence-electron chi connectivity index (χ2n) is 4.26. The second-order valence-corrected chi connectivity index (χ2v) is 4.26. The van der Waals surface area contributed by atoms with Crippen molar-refractivity contribution in [1.82, 2.24) is 0 Å². The molecule has 0 spiro atoms. The van der Waals surface area contributed by atoms with Crippen LogP contribution in [0.3, 0.4) is 0 Å². The van der Waals surface area contributed by atoms with Gasteiger partial charge in [0.15, 0.2) is 0 Å². The second kappa shape index (κ2) is 4.52. The van der Waals surface area contributed by atoms with Crippen LogP contribution >= 0.6 is 0 Å². The number of rotatable bonds is 3. The summed E-state index contributed by atoms with van der Waals surface area (Å²) in [5.41, 5.74) is 2.08. The SMILES string of the molecule is COC(=O)/C(C)=C/C1CC1c1ccccc1. The molecule has 0 radical (unpaired) electrons. The highest BCUT2D eigenvalue weighted by atomic mass is 16.5. The van der Waals surface area contributed by atoms with Crippen molar-refractivity contribution in [2.75, 3.05) is 7.11 Å². The molecule has 1 saturated carbocycles. The largest absolute Gasteiger partial charge is 0.466 e. The van der Waals surface area contributed by atoms with Gasteiger partial charge in [0.1, 0.15) is 0 Å². The maximum absolute atomic E-state index is 11.2. The van der Waals surface area contributed by atoms with Crippen LogP contribution in [0.25, 0.3) is 0 Å². The molecule has 2 atom stereocenters. The van der Waals surface area contributed by atoms with Gasteiger partial charge in [-0.1, -0.05) is 36.4 Å². The van der Waals surface area contributed by atoms with Crippen LogP contribution in [0.15, 0.2) is 42.0 Å². The smallest absolute Gasteiger partial charge is 0.333 e. The molecule has 2 heteroatoms. The van der Waals surface area contributed by atoms with Crippen LogP contribution in [0.1, 0.15) is 24.8 Å². The van der Waals surface area contributed by atoms with Crippen molar-refractivity contribution < 1.29 is 9.53 Å². The van der Waals surface area contributed by atoms with Crippen molar-refractivity contribution in [3.8, 4) is 0 Å². The summed E-state index contributed by atoms with van der Waals surface area (Å²) in [5.74, 6) is 0.862. The molecule has 0 amide bonds. The van der Waals surface area contributed by atoms with E-state index in [9.17, 15) is 4.79 Å². The zero-order valence-corrected chi connectivity index (χ0v) is 9.64. The van der Waals surface area contributed by atoms with E-state index in [4.69, 9.17) is 0 Å². The fraction of sp³-hybridized carbons (Fsp3) is 0.357. The first-order valence-electron chi connectivity index (χ1n) is 5.54. The zero-order chi connectivity index (χ0) is 11.5. The Morgan fingerprint density at radius 2 is 2.06 bits per heavy atom. The van der Waals surface area contributed by atoms with Crippen LogP contribution in [0.5, 0.6) is 0 Å². The first-order valence-corrected chi connectivity index (χ1v) is 5.54. The van der Waals surface area contributed by atoms with E-state index in [1.165, 1.54) is 12.7 Å². The number of methoxy groups -OCH3 is 1. The monoisotopic (exact) mass is 216 g/mol. The first-order chi connectivity index (χ1) is 7.72. The molecule has 1 aromatic rings. The summed E-state index contributed by atoms with van der Waals surface area (Å²) in [6.45, 7) is 1.81. The maximum atomic E-state index is 11.2. The van der Waals surface area contributed by atoms with Gasteiger partial charge in [-0.15, -0.1) is 0 Å². The van der Waals surface area contributed by atoms with Crippen molar-refractivity contribution in [3.05, 3.63) is 47.5 Å². The van der Waals surface area contributed by atoms with Crippen LogP contribution in [0.2, 0.25) is 0 Å². The van der Waals surface area contributed by atoms with Gasteiger partial charge in [0.2, 0.25) is 0 Å². The molecule has 0 bridgehead atoms. The molecular formula is C14H16O2. The topological polar surface area (TPSA) is 26.3 Å². The summed E-state index contributed by atoms with van der Waals surface area (Å²) in [7, 11) is 1.42. The standard InChI is InChI=1S/C14H16O2/c1-10(14(15)16-2)8-12-9-13(12)11-6-4-3-5-7-11/h3-8,12-13H,9H2,1-2H3/b10-8+. The summed E-state index contributed by atoms with van der Waals surface area (Å²) < 4.78 is 4.67. The Morgan fingerprint density at radius 1 is 1.38 bits per heavy atom. The number of hydrogen-bond acceptors (Lipinski definition) is 2. The number of benzene rings is 1. The lowest BCUT2D eigenvalue weighted by Crippen LogP contribution is -2.01. The maximum Gasteiger partial charge on any atom is 0.333 e. The Balaban J connectivity index is 2.00. The quantitative estimate of drug-likeness (QED) is 0.573. The van der Waals surface area contributed by atoms with E-state index in [1.54, 1.807) is 0 Å². The molecular weight excluding hydrogens is 200 g/mol. The summed E-state index contributed by atoms with van der Waals surface area (Å²) in [5, 5.41) is 0. The molecule has 0 heterocycles. The third-order valence-corrected chi connectivity index (χ3v) is 3.04. The summed E-state index contributed by atoms with van der Waals surface area (Å²) >= 11 is 0. The lowest BCUT2D eigenvalue weighted by molar-refractivity contribution is -0.136. The van der Waals surface area contributed by atoms with E-state index in [2.05, 4.69) is 29.0 Å². The average molecular weight is 216 g/mol. The van der Waals surface area contributed by atoms with Crippen LogP contribution in [0, 0.1) is 5.92 Å². The van der Waals surface area contributed by atoms with Crippen molar-refractivity contribution >= 4 is 5.97 Å². The molecule has 0 aliphatic heterocycles. The summed E-state index contributed by atoms with van der Waals surface area (Å²) in [6.07, 6.45) is 3.17. The Morgan fingerprint density at radius 3 is 2.69 bits per heavy atom. The van der Waals surface area contributed by atoms with Crippen LogP contribution in [0.4, 0.5) is 0 Å². The van der Waals surface area contributed by atoms with Crippen molar-refractivity contribution in [1.29, 1.82) is 0 Å². The number of esters is 1. The van der Waals surface area contributed by atoms with E-state index in [0.29, 0.717) is 17.4 Å². The predicted octanol–water partition coefficient (Wildman–Crippen LogP) is 2.91.